The molecule has 0 fully saturated rings. The molecular formula is C18H33N3O5. The Morgan fingerprint density at radius 2 is 1.54 bits per heavy atom. The summed E-state index contributed by atoms with van der Waals surface area (Å²) >= 11 is 0. The Kier molecular flexibility index (Phi) is 9.31. The fraction of sp³-hybridized carbons (Fsp3) is 0.778. The lowest BCUT2D eigenvalue weighted by atomic mass is 9.85. The molecule has 1 unspecified atom stereocenters. The Balaban J connectivity index is 5.16. The number of carbonyl (C=O) groups is 4. The first-order valence-electron chi connectivity index (χ1n) is 8.67. The van der Waals surface area contributed by atoms with E-state index in [9.17, 15) is 19.2 Å². The summed E-state index contributed by atoms with van der Waals surface area (Å²) in [7, 11) is 4.35. The minimum absolute atomic E-state index is 0.0482. The number of nitrogens with zero attached hydrogens (tertiary/aromatic N) is 1. The lowest BCUT2D eigenvalue weighted by Gasteiger charge is -2.26. The molecule has 0 saturated heterocycles. The van der Waals surface area contributed by atoms with Crippen LogP contribution in [-0.2, 0) is 23.9 Å². The number of ether oxygens (including phenoxy) is 1. The molecule has 0 aliphatic heterocycles. The lowest BCUT2D eigenvalue weighted by molar-refractivity contribution is -0.145. The van der Waals surface area contributed by atoms with Crippen molar-refractivity contribution in [1.82, 2.24) is 15.5 Å². The third-order valence-corrected chi connectivity index (χ3v) is 3.79. The highest BCUT2D eigenvalue weighted by Gasteiger charge is 2.30. The van der Waals surface area contributed by atoms with Gasteiger partial charge in [0.1, 0.15) is 12.1 Å². The topological polar surface area (TPSA) is 105 Å². The minimum Gasteiger partial charge on any atom is -0.467 e. The van der Waals surface area contributed by atoms with E-state index in [4.69, 9.17) is 0 Å². The Hall–Kier alpha value is -2.12. The molecule has 8 nitrogen and oxygen atoms in total. The van der Waals surface area contributed by atoms with E-state index in [1.54, 1.807) is 21.0 Å². The van der Waals surface area contributed by atoms with E-state index >= 15 is 0 Å². The summed E-state index contributed by atoms with van der Waals surface area (Å²) < 4.78 is 4.57. The molecule has 0 aliphatic carbocycles. The monoisotopic (exact) mass is 371 g/mol. The van der Waals surface area contributed by atoms with Crippen molar-refractivity contribution in [2.24, 2.45) is 11.3 Å². The predicted molar refractivity (Wildman–Crippen MR) is 98.1 cm³/mol. The van der Waals surface area contributed by atoms with Crippen molar-refractivity contribution in [3.8, 4) is 0 Å². The number of carbonyl (C=O) groups excluding carboxylic acids is 4. The molecule has 8 heteroatoms. The van der Waals surface area contributed by atoms with Crippen LogP contribution < -0.4 is 10.6 Å². The molecule has 0 aromatic rings. The van der Waals surface area contributed by atoms with E-state index in [0.717, 1.165) is 0 Å². The fourth-order valence-corrected chi connectivity index (χ4v) is 2.44. The molecular weight excluding hydrogens is 338 g/mol. The van der Waals surface area contributed by atoms with Crippen LogP contribution in [0.1, 0.15) is 47.5 Å². The van der Waals surface area contributed by atoms with Crippen molar-refractivity contribution in [3.63, 3.8) is 0 Å². The summed E-state index contributed by atoms with van der Waals surface area (Å²) in [5, 5.41) is 5.11. The predicted octanol–water partition coefficient (Wildman–Crippen LogP) is 0.700. The maximum Gasteiger partial charge on any atom is 0.328 e. The van der Waals surface area contributed by atoms with Gasteiger partial charge in [0, 0.05) is 20.0 Å². The second-order valence-electron chi connectivity index (χ2n) is 7.97. The van der Waals surface area contributed by atoms with E-state index in [1.807, 2.05) is 20.8 Å². The van der Waals surface area contributed by atoms with Gasteiger partial charge in [0.2, 0.25) is 17.7 Å². The number of nitrogens with one attached hydrogen (secondary N) is 2. The van der Waals surface area contributed by atoms with Gasteiger partial charge in [-0.3, -0.25) is 14.4 Å². The molecule has 0 aromatic heterocycles. The summed E-state index contributed by atoms with van der Waals surface area (Å²) in [6.07, 6.45) is 0.439. The van der Waals surface area contributed by atoms with E-state index in [0.29, 0.717) is 6.42 Å². The Morgan fingerprint density at radius 3 is 1.96 bits per heavy atom. The first-order valence-corrected chi connectivity index (χ1v) is 8.67. The number of hydrogen-bond acceptors (Lipinski definition) is 5. The van der Waals surface area contributed by atoms with Crippen LogP contribution in [0.4, 0.5) is 0 Å². The zero-order valence-electron chi connectivity index (χ0n) is 17.1. The van der Waals surface area contributed by atoms with Gasteiger partial charge in [-0.15, -0.1) is 0 Å². The van der Waals surface area contributed by atoms with Crippen molar-refractivity contribution in [2.75, 3.05) is 21.2 Å². The van der Waals surface area contributed by atoms with Gasteiger partial charge in [0.25, 0.3) is 0 Å². The molecule has 0 saturated carbocycles. The molecule has 0 rings (SSSR count). The number of rotatable bonds is 8. The van der Waals surface area contributed by atoms with Crippen molar-refractivity contribution >= 4 is 23.7 Å². The Bertz CT molecular complexity index is 525. The van der Waals surface area contributed by atoms with E-state index < -0.39 is 24.0 Å². The Labute approximate surface area is 156 Å². The summed E-state index contributed by atoms with van der Waals surface area (Å²) in [4.78, 5) is 49.8. The molecule has 0 spiro atoms. The molecule has 3 atom stereocenters. The quantitative estimate of drug-likeness (QED) is 0.611. The van der Waals surface area contributed by atoms with E-state index in [-0.39, 0.29) is 29.6 Å². The van der Waals surface area contributed by atoms with Crippen LogP contribution in [0.3, 0.4) is 0 Å². The van der Waals surface area contributed by atoms with E-state index in [1.165, 1.54) is 18.9 Å². The molecule has 26 heavy (non-hydrogen) atoms. The fourth-order valence-electron chi connectivity index (χ4n) is 2.44. The molecule has 0 bridgehead atoms. The second kappa shape index (κ2) is 10.1. The summed E-state index contributed by atoms with van der Waals surface area (Å²) in [5.41, 5.74) is -0.0482. The summed E-state index contributed by atoms with van der Waals surface area (Å²) in [6.45, 7) is 9.32. The maximum atomic E-state index is 12.5. The average Bonchev–Trinajstić information content (AvgIpc) is 2.50. The van der Waals surface area contributed by atoms with Gasteiger partial charge in [0.05, 0.1) is 13.5 Å². The van der Waals surface area contributed by atoms with Gasteiger partial charge in [0.15, 0.2) is 0 Å². The molecule has 0 heterocycles. The SMILES string of the molecule is COC(=O)[C@H](C)NC(=O)[C@@H](CC(=O)N(C)C)NC(=O)C(C)CC(C)(C)C. The van der Waals surface area contributed by atoms with Crippen LogP contribution in [0.5, 0.6) is 0 Å². The number of esters is 1. The van der Waals surface area contributed by atoms with Crippen molar-refractivity contribution in [2.45, 2.75) is 59.5 Å². The molecule has 2 N–H and O–H groups in total. The van der Waals surface area contributed by atoms with Crippen molar-refractivity contribution in [3.05, 3.63) is 0 Å². The van der Waals surface area contributed by atoms with Gasteiger partial charge in [-0.1, -0.05) is 27.7 Å². The lowest BCUT2D eigenvalue weighted by Crippen LogP contribution is -2.53. The minimum atomic E-state index is -1.06. The molecule has 0 aliphatic rings. The van der Waals surface area contributed by atoms with Gasteiger partial charge >= 0.3 is 5.97 Å². The first kappa shape index (κ1) is 23.9. The summed E-state index contributed by atoms with van der Waals surface area (Å²) in [5.74, 6) is -2.15. The van der Waals surface area contributed by atoms with Crippen LogP contribution in [0, 0.1) is 11.3 Å². The Morgan fingerprint density at radius 1 is 1.00 bits per heavy atom. The largest absolute Gasteiger partial charge is 0.467 e. The second-order valence-corrected chi connectivity index (χ2v) is 7.97. The highest BCUT2D eigenvalue weighted by Crippen LogP contribution is 2.24. The average molecular weight is 371 g/mol. The highest BCUT2D eigenvalue weighted by molar-refractivity contribution is 5.94. The van der Waals surface area contributed by atoms with Crippen molar-refractivity contribution < 1.29 is 23.9 Å². The summed E-state index contributed by atoms with van der Waals surface area (Å²) in [6, 6.07) is -1.94. The van der Waals surface area contributed by atoms with Gasteiger partial charge < -0.3 is 20.3 Å². The van der Waals surface area contributed by atoms with Crippen LogP contribution in [-0.4, -0.2) is 61.9 Å². The van der Waals surface area contributed by atoms with Crippen molar-refractivity contribution in [1.29, 1.82) is 0 Å². The van der Waals surface area contributed by atoms with E-state index in [2.05, 4.69) is 15.4 Å². The number of methoxy groups -OCH3 is 1. The zero-order valence-corrected chi connectivity index (χ0v) is 17.1. The highest BCUT2D eigenvalue weighted by atomic mass is 16.5. The normalized spacial score (nSPS) is 14.6. The number of hydrogen-bond donors (Lipinski definition) is 2. The van der Waals surface area contributed by atoms with Crippen LogP contribution in [0.25, 0.3) is 0 Å². The first-order chi connectivity index (χ1) is 11.8. The van der Waals surface area contributed by atoms with Crippen LogP contribution in [0.2, 0.25) is 0 Å². The molecule has 0 radical (unpaired) electrons. The molecule has 0 aromatic carbocycles. The standard InChI is InChI=1S/C18H33N3O5/c1-11(10-18(3,4)5)15(23)20-13(9-14(22)21(6)7)16(24)19-12(2)17(25)26-8/h11-13H,9-10H2,1-8H3,(H,19,24)(H,20,23)/t11?,12-,13+/m0/s1. The third-order valence-electron chi connectivity index (χ3n) is 3.79. The zero-order chi connectivity index (χ0) is 20.7. The molecule has 3 amide bonds. The number of amides is 3. The van der Waals surface area contributed by atoms with Gasteiger partial charge in [-0.05, 0) is 18.8 Å². The smallest absolute Gasteiger partial charge is 0.328 e. The van der Waals surface area contributed by atoms with Crippen LogP contribution in [0.15, 0.2) is 0 Å². The third kappa shape index (κ3) is 8.82. The maximum absolute atomic E-state index is 12.5. The van der Waals surface area contributed by atoms with Crippen LogP contribution >= 0.6 is 0 Å². The van der Waals surface area contributed by atoms with Gasteiger partial charge in [-0.2, -0.15) is 0 Å². The van der Waals surface area contributed by atoms with Gasteiger partial charge in [-0.25, -0.2) is 4.79 Å². The molecule has 150 valence electrons.